The van der Waals surface area contributed by atoms with E-state index in [9.17, 15) is 0 Å². The van der Waals surface area contributed by atoms with Crippen molar-refractivity contribution in [3.8, 4) is 22.3 Å². The van der Waals surface area contributed by atoms with Crippen molar-refractivity contribution >= 4 is 71.3 Å². The summed E-state index contributed by atoms with van der Waals surface area (Å²) in [6.07, 6.45) is 6.35. The van der Waals surface area contributed by atoms with Gasteiger partial charge in [-0.1, -0.05) is 109 Å². The molecule has 0 unspecified atom stereocenters. The summed E-state index contributed by atoms with van der Waals surface area (Å²) in [6.45, 7) is 0. The quantitative estimate of drug-likeness (QED) is 0.196. The van der Waals surface area contributed by atoms with E-state index in [0.29, 0.717) is 0 Å². The number of para-hydroxylation sites is 1. The Labute approximate surface area is 253 Å². The molecular weight excluding hydrogens is 536 g/mol. The summed E-state index contributed by atoms with van der Waals surface area (Å²) in [7, 11) is 0. The average Bonchev–Trinajstić information content (AvgIpc) is 3.64. The summed E-state index contributed by atoms with van der Waals surface area (Å²) >= 11 is 0. The Morgan fingerprint density at radius 1 is 0.455 bits per heavy atom. The molecule has 0 N–H and O–H groups in total. The van der Waals surface area contributed by atoms with E-state index in [4.69, 9.17) is 8.83 Å². The Bertz CT molecular complexity index is 2610. The molecule has 7 aromatic carbocycles. The molecule has 0 spiro atoms. The predicted molar refractivity (Wildman–Crippen MR) is 184 cm³/mol. The zero-order chi connectivity index (χ0) is 28.8. The van der Waals surface area contributed by atoms with Gasteiger partial charge in [-0.05, 0) is 80.6 Å². The van der Waals surface area contributed by atoms with Gasteiger partial charge < -0.3 is 8.83 Å². The molecule has 2 nitrogen and oxygen atoms in total. The molecule has 0 bridgehead atoms. The first-order chi connectivity index (χ1) is 21.8. The smallest absolute Gasteiger partial charge is 0.147 e. The zero-order valence-corrected chi connectivity index (χ0v) is 23.9. The molecule has 206 valence electrons. The summed E-state index contributed by atoms with van der Waals surface area (Å²) in [5, 5.41) is 10.7. The number of rotatable bonds is 2. The molecule has 0 radical (unpaired) electrons. The van der Waals surface area contributed by atoms with Crippen LogP contribution in [0.1, 0.15) is 17.7 Å². The summed E-state index contributed by atoms with van der Waals surface area (Å²) < 4.78 is 13.6. The van der Waals surface area contributed by atoms with Crippen LogP contribution < -0.4 is 0 Å². The van der Waals surface area contributed by atoms with Crippen molar-refractivity contribution in [3.63, 3.8) is 0 Å². The minimum absolute atomic E-state index is 0.877. The van der Waals surface area contributed by atoms with Crippen LogP contribution in [0.5, 0.6) is 0 Å². The Hall–Kier alpha value is -5.60. The van der Waals surface area contributed by atoms with Gasteiger partial charge in [0.1, 0.15) is 22.5 Å². The lowest BCUT2D eigenvalue weighted by molar-refractivity contribution is 0.595. The first-order valence-corrected chi connectivity index (χ1v) is 15.3. The van der Waals surface area contributed by atoms with Crippen molar-refractivity contribution in [2.24, 2.45) is 0 Å². The fraction of sp³-hybridized carbons (Fsp3) is 0.0476. The van der Waals surface area contributed by atoms with Crippen LogP contribution in [0.4, 0.5) is 0 Å². The Morgan fingerprint density at radius 2 is 1.09 bits per heavy atom. The summed E-state index contributed by atoms with van der Waals surface area (Å²) in [5.74, 6) is 0.964. The number of hydrogen-bond acceptors (Lipinski definition) is 2. The molecule has 2 heterocycles. The normalized spacial score (nSPS) is 13.2. The van der Waals surface area contributed by atoms with Gasteiger partial charge in [-0.15, -0.1) is 0 Å². The van der Waals surface area contributed by atoms with Crippen LogP contribution in [-0.4, -0.2) is 0 Å². The molecule has 0 saturated carbocycles. The Balaban J connectivity index is 1.41. The van der Waals surface area contributed by atoms with Crippen LogP contribution in [0, 0.1) is 0 Å². The third-order valence-electron chi connectivity index (χ3n) is 9.51. The molecule has 2 heteroatoms. The van der Waals surface area contributed by atoms with E-state index in [0.717, 1.165) is 57.3 Å². The van der Waals surface area contributed by atoms with Crippen LogP contribution >= 0.6 is 0 Å². The maximum Gasteiger partial charge on any atom is 0.147 e. The van der Waals surface area contributed by atoms with Gasteiger partial charge in [-0.25, -0.2) is 0 Å². The van der Waals surface area contributed by atoms with Crippen LogP contribution in [0.2, 0.25) is 0 Å². The van der Waals surface area contributed by atoms with E-state index in [1.807, 2.05) is 6.07 Å². The van der Waals surface area contributed by atoms with Gasteiger partial charge in [0.05, 0.1) is 5.56 Å². The monoisotopic (exact) mass is 562 g/mol. The Morgan fingerprint density at radius 3 is 1.86 bits per heavy atom. The second-order valence-electron chi connectivity index (χ2n) is 11.9. The summed E-state index contributed by atoms with van der Waals surface area (Å²) in [4.78, 5) is 0. The maximum atomic E-state index is 6.79. The number of fused-ring (bicyclic) bond motifs is 9. The van der Waals surface area contributed by atoms with Crippen molar-refractivity contribution in [2.75, 3.05) is 0 Å². The van der Waals surface area contributed by atoms with Crippen LogP contribution in [0.15, 0.2) is 136 Å². The highest BCUT2D eigenvalue weighted by Crippen LogP contribution is 2.50. The second-order valence-corrected chi connectivity index (χ2v) is 11.9. The van der Waals surface area contributed by atoms with E-state index in [1.165, 1.54) is 54.4 Å². The molecule has 1 aliphatic carbocycles. The molecule has 0 atom stereocenters. The molecule has 9 aromatic rings. The third kappa shape index (κ3) is 3.25. The van der Waals surface area contributed by atoms with E-state index in [1.54, 1.807) is 0 Å². The number of hydrogen-bond donors (Lipinski definition) is 0. The van der Waals surface area contributed by atoms with Crippen LogP contribution in [-0.2, 0) is 6.42 Å². The molecule has 0 fully saturated rings. The third-order valence-corrected chi connectivity index (χ3v) is 9.51. The lowest BCUT2D eigenvalue weighted by Crippen LogP contribution is -1.92. The Kier molecular flexibility index (Phi) is 4.86. The van der Waals surface area contributed by atoms with Crippen LogP contribution in [0.25, 0.3) is 93.6 Å². The van der Waals surface area contributed by atoms with E-state index in [-0.39, 0.29) is 0 Å². The van der Waals surface area contributed by atoms with E-state index >= 15 is 0 Å². The molecule has 2 aromatic heterocycles. The lowest BCUT2D eigenvalue weighted by Gasteiger charge is -2.18. The topological polar surface area (TPSA) is 26.3 Å². The number of furan rings is 2. The van der Waals surface area contributed by atoms with Gasteiger partial charge in [0.15, 0.2) is 0 Å². The molecule has 0 aliphatic heterocycles. The standard InChI is InChI=1S/C42H26O2/c1-2-12-26-23-27(22-21-25(26)11-1)38-30-15-3-5-17-32(30)39(33-18-6-4-16-31(33)38)40-41-34(28-13-7-9-19-36(28)43-41)24-35-29-14-8-10-20-37(29)44-42(35)40/h1-7,9-13,15-24H,8,14H2. The van der Waals surface area contributed by atoms with Crippen molar-refractivity contribution in [2.45, 2.75) is 12.8 Å². The van der Waals surface area contributed by atoms with Gasteiger partial charge in [0.25, 0.3) is 0 Å². The van der Waals surface area contributed by atoms with Gasteiger partial charge in [0, 0.05) is 27.3 Å². The number of aryl methyl sites for hydroxylation is 1. The molecule has 44 heavy (non-hydrogen) atoms. The predicted octanol–water partition coefficient (Wildman–Crippen LogP) is 12.1. The number of allylic oxidation sites excluding steroid dienone is 1. The first-order valence-electron chi connectivity index (χ1n) is 15.3. The molecule has 0 saturated heterocycles. The lowest BCUT2D eigenvalue weighted by atomic mass is 9.84. The highest BCUT2D eigenvalue weighted by molar-refractivity contribution is 6.28. The fourth-order valence-corrected chi connectivity index (χ4v) is 7.57. The second kappa shape index (κ2) is 8.95. The first kappa shape index (κ1) is 23.9. The molecule has 10 rings (SSSR count). The maximum absolute atomic E-state index is 6.79. The van der Waals surface area contributed by atoms with Gasteiger partial charge >= 0.3 is 0 Å². The highest BCUT2D eigenvalue weighted by Gasteiger charge is 2.27. The SMILES string of the molecule is C1=Cc2oc3c(-c4c5ccccc5c(-c5ccc6ccccc6c5)c5ccccc45)c4oc5ccccc5c4cc3c2CC1. The summed E-state index contributed by atoms with van der Waals surface area (Å²) in [6, 6.07) is 43.8. The average molecular weight is 563 g/mol. The van der Waals surface area contributed by atoms with Crippen molar-refractivity contribution in [1.82, 2.24) is 0 Å². The minimum atomic E-state index is 0.877. The largest absolute Gasteiger partial charge is 0.456 e. The molecular formula is C42H26O2. The zero-order valence-electron chi connectivity index (χ0n) is 23.9. The van der Waals surface area contributed by atoms with E-state index in [2.05, 4.69) is 127 Å². The van der Waals surface area contributed by atoms with Gasteiger partial charge in [0.2, 0.25) is 0 Å². The fourth-order valence-electron chi connectivity index (χ4n) is 7.57. The molecule has 0 amide bonds. The van der Waals surface area contributed by atoms with Crippen LogP contribution in [0.3, 0.4) is 0 Å². The van der Waals surface area contributed by atoms with Crippen molar-refractivity contribution in [1.29, 1.82) is 0 Å². The highest BCUT2D eigenvalue weighted by atomic mass is 16.3. The van der Waals surface area contributed by atoms with E-state index < -0.39 is 0 Å². The van der Waals surface area contributed by atoms with Crippen molar-refractivity contribution in [3.05, 3.63) is 139 Å². The number of benzene rings is 7. The van der Waals surface area contributed by atoms with Crippen molar-refractivity contribution < 1.29 is 8.83 Å². The minimum Gasteiger partial charge on any atom is -0.456 e. The van der Waals surface area contributed by atoms with Gasteiger partial charge in [-0.3, -0.25) is 0 Å². The molecule has 1 aliphatic rings. The van der Waals surface area contributed by atoms with Gasteiger partial charge in [-0.2, -0.15) is 0 Å². The summed E-state index contributed by atoms with van der Waals surface area (Å²) in [5.41, 5.74) is 8.63.